The maximum atomic E-state index is 11.8. The molecule has 19 heavy (non-hydrogen) atoms. The van der Waals surface area contributed by atoms with Crippen LogP contribution in [0.4, 0.5) is 11.5 Å². The first-order valence-corrected chi connectivity index (χ1v) is 6.07. The third kappa shape index (κ3) is 2.58. The van der Waals surface area contributed by atoms with Gasteiger partial charge in [-0.15, -0.1) is 0 Å². The molecule has 0 radical (unpaired) electrons. The molecule has 0 bridgehead atoms. The molecule has 1 aliphatic heterocycles. The lowest BCUT2D eigenvalue weighted by Crippen LogP contribution is -2.42. The van der Waals surface area contributed by atoms with Crippen LogP contribution in [-0.4, -0.2) is 40.4 Å². The van der Waals surface area contributed by atoms with E-state index in [9.17, 15) is 14.9 Å². The van der Waals surface area contributed by atoms with Crippen molar-refractivity contribution in [2.75, 3.05) is 18.5 Å². The molecule has 1 aromatic rings. The molecule has 1 unspecified atom stereocenters. The monoisotopic (exact) mass is 285 g/mol. The summed E-state index contributed by atoms with van der Waals surface area (Å²) in [6.07, 6.45) is 2.44. The first kappa shape index (κ1) is 13.5. The second-order valence-electron chi connectivity index (χ2n) is 4.07. The highest BCUT2D eigenvalue weighted by Gasteiger charge is 2.35. The molecule has 1 saturated heterocycles. The third-order valence-electron chi connectivity index (χ3n) is 2.99. The summed E-state index contributed by atoms with van der Waals surface area (Å²) in [6, 6.07) is -0.463. The number of nitro groups is 1. The van der Waals surface area contributed by atoms with Gasteiger partial charge in [0.15, 0.2) is 0 Å². The van der Waals surface area contributed by atoms with Gasteiger partial charge in [0.2, 0.25) is 17.0 Å². The number of anilines is 1. The zero-order valence-corrected chi connectivity index (χ0v) is 10.9. The summed E-state index contributed by atoms with van der Waals surface area (Å²) in [5.41, 5.74) is -0.250. The molecular weight excluding hydrogens is 274 g/mol. The van der Waals surface area contributed by atoms with Crippen LogP contribution in [0.25, 0.3) is 0 Å². The van der Waals surface area contributed by atoms with Gasteiger partial charge in [0.25, 0.3) is 0 Å². The van der Waals surface area contributed by atoms with Crippen LogP contribution in [-0.2, 0) is 4.79 Å². The fraction of sp³-hybridized carbons (Fsp3) is 0.500. The second kappa shape index (κ2) is 5.35. The molecule has 1 amide bonds. The molecular formula is C10H12ClN5O3. The van der Waals surface area contributed by atoms with E-state index in [-0.39, 0.29) is 22.7 Å². The van der Waals surface area contributed by atoms with E-state index in [0.29, 0.717) is 13.0 Å². The van der Waals surface area contributed by atoms with Crippen LogP contribution in [0.3, 0.4) is 0 Å². The minimum absolute atomic E-state index is 0.0804. The number of halogens is 1. The van der Waals surface area contributed by atoms with Gasteiger partial charge in [0.05, 0.1) is 4.92 Å². The smallest absolute Gasteiger partial charge is 0.329 e. The summed E-state index contributed by atoms with van der Waals surface area (Å²) < 4.78 is 0. The highest BCUT2D eigenvalue weighted by Crippen LogP contribution is 2.31. The molecule has 8 nitrogen and oxygen atoms in total. The Morgan fingerprint density at radius 3 is 3.05 bits per heavy atom. The molecule has 0 aliphatic carbocycles. The molecule has 1 fully saturated rings. The zero-order chi connectivity index (χ0) is 14.0. The molecule has 2 heterocycles. The Hall–Kier alpha value is -1.96. The maximum absolute atomic E-state index is 11.8. The van der Waals surface area contributed by atoms with Crippen LogP contribution >= 0.6 is 11.6 Å². The van der Waals surface area contributed by atoms with E-state index in [0.717, 1.165) is 12.6 Å². The van der Waals surface area contributed by atoms with Crippen molar-refractivity contribution in [1.82, 2.24) is 15.3 Å². The van der Waals surface area contributed by atoms with Crippen molar-refractivity contribution in [2.45, 2.75) is 18.9 Å². The number of carbonyl (C=O) groups excluding carboxylic acids is 1. The van der Waals surface area contributed by atoms with Crippen molar-refractivity contribution >= 4 is 29.0 Å². The molecule has 2 rings (SSSR count). The van der Waals surface area contributed by atoms with Crippen molar-refractivity contribution in [1.29, 1.82) is 0 Å². The third-order valence-corrected chi connectivity index (χ3v) is 3.17. The standard InChI is InChI=1S/C10H12ClN5O3/c1-12-9(17)6-3-2-4-15(6)8-7(16(18)19)5-13-10(11)14-8/h5-6H,2-4H2,1H3,(H,12,17). The lowest BCUT2D eigenvalue weighted by Gasteiger charge is -2.23. The number of likely N-dealkylation sites (N-methyl/N-ethyl adjacent to an activating group) is 1. The molecule has 1 aromatic heterocycles. The van der Waals surface area contributed by atoms with Gasteiger partial charge in [-0.25, -0.2) is 4.98 Å². The van der Waals surface area contributed by atoms with Gasteiger partial charge in [0.1, 0.15) is 12.2 Å². The number of aromatic nitrogens is 2. The lowest BCUT2D eigenvalue weighted by molar-refractivity contribution is -0.384. The van der Waals surface area contributed by atoms with Crippen molar-refractivity contribution in [2.24, 2.45) is 0 Å². The largest absolute Gasteiger partial charge is 0.357 e. The number of hydrogen-bond acceptors (Lipinski definition) is 6. The van der Waals surface area contributed by atoms with Crippen molar-refractivity contribution in [3.05, 3.63) is 21.6 Å². The summed E-state index contributed by atoms with van der Waals surface area (Å²) in [5, 5.41) is 13.5. The number of nitrogens with zero attached hydrogens (tertiary/aromatic N) is 4. The van der Waals surface area contributed by atoms with E-state index in [1.165, 1.54) is 7.05 Å². The molecule has 1 atom stereocenters. The molecule has 0 spiro atoms. The maximum Gasteiger partial charge on any atom is 0.329 e. The normalized spacial score (nSPS) is 18.4. The van der Waals surface area contributed by atoms with E-state index >= 15 is 0 Å². The Morgan fingerprint density at radius 1 is 1.68 bits per heavy atom. The Kier molecular flexibility index (Phi) is 3.79. The number of hydrogen-bond donors (Lipinski definition) is 1. The Balaban J connectivity index is 2.42. The average Bonchev–Trinajstić information content (AvgIpc) is 2.86. The summed E-state index contributed by atoms with van der Waals surface area (Å²) in [6.45, 7) is 0.520. The second-order valence-corrected chi connectivity index (χ2v) is 4.41. The van der Waals surface area contributed by atoms with E-state index < -0.39 is 11.0 Å². The topological polar surface area (TPSA) is 101 Å². The van der Waals surface area contributed by atoms with Crippen LogP contribution < -0.4 is 10.2 Å². The molecule has 1 N–H and O–H groups in total. The minimum Gasteiger partial charge on any atom is -0.357 e. The average molecular weight is 286 g/mol. The van der Waals surface area contributed by atoms with Gasteiger partial charge in [-0.3, -0.25) is 14.9 Å². The van der Waals surface area contributed by atoms with Gasteiger partial charge >= 0.3 is 5.69 Å². The number of rotatable bonds is 3. The SMILES string of the molecule is CNC(=O)C1CCCN1c1nc(Cl)ncc1[N+](=O)[O-]. The lowest BCUT2D eigenvalue weighted by atomic mass is 10.2. The number of nitrogens with one attached hydrogen (secondary N) is 1. The Bertz CT molecular complexity index is 524. The molecule has 102 valence electrons. The first-order valence-electron chi connectivity index (χ1n) is 5.69. The van der Waals surface area contributed by atoms with Crippen LogP contribution in [0.15, 0.2) is 6.20 Å². The van der Waals surface area contributed by atoms with Crippen molar-refractivity contribution in [3.63, 3.8) is 0 Å². The highest BCUT2D eigenvalue weighted by molar-refractivity contribution is 6.28. The van der Waals surface area contributed by atoms with E-state index in [4.69, 9.17) is 11.6 Å². The molecule has 9 heteroatoms. The van der Waals surface area contributed by atoms with Crippen molar-refractivity contribution < 1.29 is 9.72 Å². The summed E-state index contributed by atoms with van der Waals surface area (Å²) in [5.74, 6) is -0.0994. The highest BCUT2D eigenvalue weighted by atomic mass is 35.5. The zero-order valence-electron chi connectivity index (χ0n) is 10.2. The van der Waals surface area contributed by atoms with E-state index in [2.05, 4.69) is 15.3 Å². The molecule has 1 aliphatic rings. The Morgan fingerprint density at radius 2 is 2.42 bits per heavy atom. The van der Waals surface area contributed by atoms with E-state index in [1.54, 1.807) is 4.90 Å². The van der Waals surface area contributed by atoms with Gasteiger partial charge in [-0.1, -0.05) is 0 Å². The molecule has 0 saturated carbocycles. The fourth-order valence-electron chi connectivity index (χ4n) is 2.15. The van der Waals surface area contributed by atoms with Crippen LogP contribution in [0.2, 0.25) is 5.28 Å². The fourth-order valence-corrected chi connectivity index (χ4v) is 2.27. The number of amides is 1. The van der Waals surface area contributed by atoms with Gasteiger partial charge in [0, 0.05) is 13.6 Å². The molecule has 0 aromatic carbocycles. The Labute approximate surface area is 113 Å². The summed E-state index contributed by atoms with van der Waals surface area (Å²) in [4.78, 5) is 31.3. The number of carbonyl (C=O) groups is 1. The van der Waals surface area contributed by atoms with Crippen LogP contribution in [0.5, 0.6) is 0 Å². The van der Waals surface area contributed by atoms with Gasteiger partial charge in [-0.05, 0) is 24.4 Å². The van der Waals surface area contributed by atoms with Gasteiger partial charge in [-0.2, -0.15) is 4.98 Å². The summed E-state index contributed by atoms with van der Waals surface area (Å²) in [7, 11) is 1.53. The quantitative estimate of drug-likeness (QED) is 0.500. The van der Waals surface area contributed by atoms with Crippen LogP contribution in [0, 0.1) is 10.1 Å². The van der Waals surface area contributed by atoms with Crippen LogP contribution in [0.1, 0.15) is 12.8 Å². The van der Waals surface area contributed by atoms with Crippen molar-refractivity contribution in [3.8, 4) is 0 Å². The predicted molar refractivity (Wildman–Crippen MR) is 68.1 cm³/mol. The van der Waals surface area contributed by atoms with Gasteiger partial charge < -0.3 is 10.2 Å². The van der Waals surface area contributed by atoms with E-state index in [1.807, 2.05) is 0 Å². The summed E-state index contributed by atoms with van der Waals surface area (Å²) >= 11 is 5.69. The first-order chi connectivity index (χ1) is 9.04. The minimum atomic E-state index is -0.578. The predicted octanol–water partition coefficient (Wildman–Crippen LogP) is 0.753.